The highest BCUT2D eigenvalue weighted by Crippen LogP contribution is 2.29. The van der Waals surface area contributed by atoms with Gasteiger partial charge in [-0.1, -0.05) is 13.8 Å². The zero-order chi connectivity index (χ0) is 13.4. The molecule has 1 heterocycles. The van der Waals surface area contributed by atoms with E-state index in [2.05, 4.69) is 5.10 Å². The first-order valence-electron chi connectivity index (χ1n) is 5.69. The Labute approximate surface area is 104 Å². The Hall–Kier alpha value is -1.91. The van der Waals surface area contributed by atoms with Crippen molar-refractivity contribution in [2.24, 2.45) is 7.05 Å². The van der Waals surface area contributed by atoms with E-state index in [1.807, 2.05) is 13.8 Å². The van der Waals surface area contributed by atoms with E-state index in [0.717, 1.165) is 5.56 Å². The highest BCUT2D eigenvalue weighted by atomic mass is 19.2. The molecule has 5 heteroatoms. The zero-order valence-corrected chi connectivity index (χ0v) is 10.5. The smallest absolute Gasteiger partial charge is 0.168 e. The second-order valence-corrected chi connectivity index (χ2v) is 4.60. The van der Waals surface area contributed by atoms with Gasteiger partial charge < -0.3 is 5.73 Å². The van der Waals surface area contributed by atoms with Gasteiger partial charge in [0.15, 0.2) is 11.6 Å². The number of halogens is 2. The highest BCUT2D eigenvalue weighted by molar-refractivity contribution is 5.64. The van der Waals surface area contributed by atoms with E-state index in [-0.39, 0.29) is 11.5 Å². The van der Waals surface area contributed by atoms with Crippen molar-refractivity contribution in [1.82, 2.24) is 9.78 Å². The number of benzene rings is 1. The molecule has 0 unspecified atom stereocenters. The molecule has 0 spiro atoms. The zero-order valence-electron chi connectivity index (χ0n) is 10.5. The van der Waals surface area contributed by atoms with Crippen molar-refractivity contribution in [1.29, 1.82) is 0 Å². The van der Waals surface area contributed by atoms with Gasteiger partial charge in [-0.2, -0.15) is 5.10 Å². The van der Waals surface area contributed by atoms with Gasteiger partial charge in [0.2, 0.25) is 0 Å². The summed E-state index contributed by atoms with van der Waals surface area (Å²) in [5.41, 5.74) is 6.86. The number of rotatable bonds is 2. The third-order valence-electron chi connectivity index (χ3n) is 2.91. The van der Waals surface area contributed by atoms with Crippen LogP contribution in [0.15, 0.2) is 18.2 Å². The molecular formula is C13H15F2N3. The third kappa shape index (κ3) is 2.08. The van der Waals surface area contributed by atoms with Crippen molar-refractivity contribution in [2.75, 3.05) is 5.73 Å². The molecule has 3 nitrogen and oxygen atoms in total. The van der Waals surface area contributed by atoms with Crippen molar-refractivity contribution < 1.29 is 8.78 Å². The van der Waals surface area contributed by atoms with E-state index in [4.69, 9.17) is 5.73 Å². The normalized spacial score (nSPS) is 11.2. The molecule has 1 aromatic carbocycles. The molecule has 0 amide bonds. The van der Waals surface area contributed by atoms with Crippen LogP contribution in [-0.2, 0) is 7.05 Å². The van der Waals surface area contributed by atoms with E-state index in [9.17, 15) is 8.78 Å². The maximum Gasteiger partial charge on any atom is 0.168 e. The maximum atomic E-state index is 13.8. The van der Waals surface area contributed by atoms with Gasteiger partial charge in [0.25, 0.3) is 0 Å². The Bertz CT molecular complexity index is 569. The summed E-state index contributed by atoms with van der Waals surface area (Å²) in [5.74, 6) is -1.24. The topological polar surface area (TPSA) is 43.8 Å². The molecule has 0 fully saturated rings. The molecule has 1 aromatic heterocycles. The SMILES string of the molecule is CC(C)c1cc(F)c(F)c(-c2cc(N)n(C)n2)c1. The fourth-order valence-electron chi connectivity index (χ4n) is 1.74. The van der Waals surface area contributed by atoms with Gasteiger partial charge >= 0.3 is 0 Å². The molecule has 2 aromatic rings. The first-order chi connectivity index (χ1) is 8.40. The lowest BCUT2D eigenvalue weighted by molar-refractivity contribution is 0.508. The van der Waals surface area contributed by atoms with Crippen molar-refractivity contribution >= 4 is 5.82 Å². The number of aryl methyl sites for hydroxylation is 1. The number of aromatic nitrogens is 2. The Morgan fingerprint density at radius 2 is 1.89 bits per heavy atom. The van der Waals surface area contributed by atoms with Crippen LogP contribution in [0, 0.1) is 11.6 Å². The van der Waals surface area contributed by atoms with Crippen LogP contribution in [0.5, 0.6) is 0 Å². The molecule has 0 bridgehead atoms. The highest BCUT2D eigenvalue weighted by Gasteiger charge is 2.16. The van der Waals surface area contributed by atoms with Crippen molar-refractivity contribution in [3.05, 3.63) is 35.4 Å². The molecule has 96 valence electrons. The van der Waals surface area contributed by atoms with Crippen LogP contribution >= 0.6 is 0 Å². The van der Waals surface area contributed by atoms with Crippen LogP contribution in [-0.4, -0.2) is 9.78 Å². The Morgan fingerprint density at radius 1 is 1.22 bits per heavy atom. The first-order valence-corrected chi connectivity index (χ1v) is 5.69. The molecular weight excluding hydrogens is 236 g/mol. The van der Waals surface area contributed by atoms with Gasteiger partial charge in [0.05, 0.1) is 5.69 Å². The Morgan fingerprint density at radius 3 is 2.39 bits per heavy atom. The molecule has 0 saturated carbocycles. The lowest BCUT2D eigenvalue weighted by Gasteiger charge is -2.09. The lowest BCUT2D eigenvalue weighted by atomic mass is 9.99. The molecule has 0 radical (unpaired) electrons. The molecule has 18 heavy (non-hydrogen) atoms. The van der Waals surface area contributed by atoms with Crippen LogP contribution in [0.1, 0.15) is 25.3 Å². The second-order valence-electron chi connectivity index (χ2n) is 4.60. The fourth-order valence-corrected chi connectivity index (χ4v) is 1.74. The molecule has 0 saturated heterocycles. The van der Waals surface area contributed by atoms with Gasteiger partial charge in [-0.3, -0.25) is 4.68 Å². The standard InChI is InChI=1S/C13H15F2N3/c1-7(2)8-4-9(13(15)10(14)5-8)11-6-12(16)18(3)17-11/h4-7H,16H2,1-3H3. The number of hydrogen-bond donors (Lipinski definition) is 1. The summed E-state index contributed by atoms with van der Waals surface area (Å²) < 4.78 is 28.8. The number of nitrogens with two attached hydrogens (primary N) is 1. The van der Waals surface area contributed by atoms with Gasteiger partial charge in [0, 0.05) is 18.7 Å². The molecule has 0 aliphatic carbocycles. The minimum Gasteiger partial charge on any atom is -0.384 e. The predicted molar refractivity (Wildman–Crippen MR) is 67.1 cm³/mol. The van der Waals surface area contributed by atoms with E-state index in [0.29, 0.717) is 11.5 Å². The molecule has 0 aliphatic heterocycles. The molecule has 2 rings (SSSR count). The summed E-state index contributed by atoms with van der Waals surface area (Å²) in [6, 6.07) is 4.36. The monoisotopic (exact) mass is 251 g/mol. The quantitative estimate of drug-likeness (QED) is 0.891. The summed E-state index contributed by atoms with van der Waals surface area (Å²) in [6.45, 7) is 3.84. The summed E-state index contributed by atoms with van der Waals surface area (Å²) in [5, 5.41) is 4.07. The number of anilines is 1. The maximum absolute atomic E-state index is 13.8. The predicted octanol–water partition coefficient (Wildman–Crippen LogP) is 3.07. The summed E-state index contributed by atoms with van der Waals surface area (Å²) >= 11 is 0. The van der Waals surface area contributed by atoms with Crippen molar-refractivity contribution in [2.45, 2.75) is 19.8 Å². The van der Waals surface area contributed by atoms with Crippen LogP contribution < -0.4 is 5.73 Å². The number of hydrogen-bond acceptors (Lipinski definition) is 2. The average Bonchev–Trinajstić information content (AvgIpc) is 2.62. The fraction of sp³-hybridized carbons (Fsp3) is 0.308. The van der Waals surface area contributed by atoms with Gasteiger partial charge in [0.1, 0.15) is 5.82 Å². The molecule has 0 aliphatic rings. The van der Waals surface area contributed by atoms with Crippen LogP contribution in [0.2, 0.25) is 0 Å². The minimum atomic E-state index is -0.891. The summed E-state index contributed by atoms with van der Waals surface area (Å²) in [4.78, 5) is 0. The van der Waals surface area contributed by atoms with Crippen molar-refractivity contribution in [3.63, 3.8) is 0 Å². The van der Waals surface area contributed by atoms with Crippen LogP contribution in [0.4, 0.5) is 14.6 Å². The van der Waals surface area contributed by atoms with Gasteiger partial charge in [-0.15, -0.1) is 0 Å². The van der Waals surface area contributed by atoms with Gasteiger partial charge in [-0.25, -0.2) is 8.78 Å². The van der Waals surface area contributed by atoms with E-state index in [1.54, 1.807) is 13.1 Å². The van der Waals surface area contributed by atoms with E-state index >= 15 is 0 Å². The number of nitrogen functional groups attached to an aromatic ring is 1. The summed E-state index contributed by atoms with van der Waals surface area (Å²) in [7, 11) is 1.65. The van der Waals surface area contributed by atoms with Crippen LogP contribution in [0.3, 0.4) is 0 Å². The van der Waals surface area contributed by atoms with E-state index < -0.39 is 11.6 Å². The number of nitrogens with zero attached hydrogens (tertiary/aromatic N) is 2. The largest absolute Gasteiger partial charge is 0.384 e. The Balaban J connectivity index is 2.62. The second kappa shape index (κ2) is 4.40. The first kappa shape index (κ1) is 12.5. The van der Waals surface area contributed by atoms with Crippen molar-refractivity contribution in [3.8, 4) is 11.3 Å². The van der Waals surface area contributed by atoms with Crippen LogP contribution in [0.25, 0.3) is 11.3 Å². The molecule has 0 atom stereocenters. The van der Waals surface area contributed by atoms with Gasteiger partial charge in [-0.05, 0) is 23.6 Å². The molecule has 2 N–H and O–H groups in total. The average molecular weight is 251 g/mol. The third-order valence-corrected chi connectivity index (χ3v) is 2.91. The Kier molecular flexibility index (Phi) is 3.07. The summed E-state index contributed by atoms with van der Waals surface area (Å²) in [6.07, 6.45) is 0. The van der Waals surface area contributed by atoms with E-state index in [1.165, 1.54) is 16.8 Å². The lowest BCUT2D eigenvalue weighted by Crippen LogP contribution is -1.98. The minimum absolute atomic E-state index is 0.111.